The number of hydrogen-bond acceptors (Lipinski definition) is 4. The first-order valence-electron chi connectivity index (χ1n) is 7.19. The molecule has 0 aliphatic heterocycles. The summed E-state index contributed by atoms with van der Waals surface area (Å²) >= 11 is 0. The molecule has 1 N–H and O–H groups in total. The Labute approximate surface area is 137 Å². The Morgan fingerprint density at radius 1 is 1.00 bits per heavy atom. The molecule has 2 rings (SSSR count). The van der Waals surface area contributed by atoms with Gasteiger partial charge < -0.3 is 4.90 Å². The molecule has 0 radical (unpaired) electrons. The zero-order valence-electron chi connectivity index (χ0n) is 13.7. The van der Waals surface area contributed by atoms with Crippen LogP contribution in [0.4, 0.5) is 5.69 Å². The van der Waals surface area contributed by atoms with E-state index in [-0.39, 0.29) is 4.90 Å². The zero-order valence-corrected chi connectivity index (χ0v) is 14.6. The van der Waals surface area contributed by atoms with Crippen molar-refractivity contribution in [3.63, 3.8) is 0 Å². The van der Waals surface area contributed by atoms with Gasteiger partial charge in [0.05, 0.1) is 11.1 Å². The second-order valence-corrected chi connectivity index (χ2v) is 7.25. The molecular formula is C17H21N3O2S. The number of sulfonamides is 1. The van der Waals surface area contributed by atoms with Crippen LogP contribution < -0.4 is 9.73 Å². The Balaban J connectivity index is 2.10. The molecule has 0 aliphatic rings. The summed E-state index contributed by atoms with van der Waals surface area (Å²) in [5.74, 6) is 0. The number of aryl methyl sites for hydroxylation is 2. The van der Waals surface area contributed by atoms with Crippen molar-refractivity contribution in [1.82, 2.24) is 4.83 Å². The summed E-state index contributed by atoms with van der Waals surface area (Å²) in [6.45, 7) is 3.82. The van der Waals surface area contributed by atoms with E-state index in [0.717, 1.165) is 22.4 Å². The summed E-state index contributed by atoms with van der Waals surface area (Å²) in [5, 5.41) is 3.84. The van der Waals surface area contributed by atoms with Crippen LogP contribution in [0.1, 0.15) is 16.7 Å². The summed E-state index contributed by atoms with van der Waals surface area (Å²) in [7, 11) is 0.271. The highest BCUT2D eigenvalue weighted by Crippen LogP contribution is 2.14. The molecule has 2 aromatic carbocycles. The highest BCUT2D eigenvalue weighted by molar-refractivity contribution is 7.89. The van der Waals surface area contributed by atoms with Gasteiger partial charge in [0, 0.05) is 19.8 Å². The van der Waals surface area contributed by atoms with Crippen molar-refractivity contribution in [1.29, 1.82) is 0 Å². The molecule has 23 heavy (non-hydrogen) atoms. The van der Waals surface area contributed by atoms with E-state index in [1.165, 1.54) is 6.21 Å². The minimum atomic E-state index is -3.65. The Bertz CT molecular complexity index is 810. The molecule has 2 aromatic rings. The molecule has 6 heteroatoms. The van der Waals surface area contributed by atoms with Crippen molar-refractivity contribution in [2.45, 2.75) is 18.7 Å². The quantitative estimate of drug-likeness (QED) is 0.677. The Kier molecular flexibility index (Phi) is 5.05. The first-order chi connectivity index (χ1) is 10.8. The molecule has 0 aromatic heterocycles. The van der Waals surface area contributed by atoms with Crippen LogP contribution in [0.5, 0.6) is 0 Å². The lowest BCUT2D eigenvalue weighted by atomic mass is 10.1. The van der Waals surface area contributed by atoms with Gasteiger partial charge in [-0.1, -0.05) is 18.2 Å². The van der Waals surface area contributed by atoms with Crippen molar-refractivity contribution in [3.05, 3.63) is 59.2 Å². The number of benzene rings is 2. The van der Waals surface area contributed by atoms with Crippen molar-refractivity contribution < 1.29 is 8.42 Å². The van der Waals surface area contributed by atoms with Crippen LogP contribution in [0, 0.1) is 13.8 Å². The average Bonchev–Trinajstić information content (AvgIpc) is 2.50. The summed E-state index contributed by atoms with van der Waals surface area (Å²) in [6.07, 6.45) is 1.48. The smallest absolute Gasteiger partial charge is 0.276 e. The van der Waals surface area contributed by atoms with Gasteiger partial charge >= 0.3 is 0 Å². The van der Waals surface area contributed by atoms with E-state index >= 15 is 0 Å². The van der Waals surface area contributed by atoms with Gasteiger partial charge in [0.1, 0.15) is 0 Å². The Morgan fingerprint density at radius 3 is 2.22 bits per heavy atom. The summed E-state index contributed by atoms with van der Waals surface area (Å²) in [4.78, 5) is 4.44. The van der Waals surface area contributed by atoms with Crippen LogP contribution in [0.3, 0.4) is 0 Å². The third-order valence-corrected chi connectivity index (χ3v) is 4.80. The SMILES string of the molecule is Cc1ccc(S(=O)(=O)N/N=C/c2ccc(N(C)C)cc2)cc1C. The lowest BCUT2D eigenvalue weighted by Crippen LogP contribution is -2.18. The summed E-state index contributed by atoms with van der Waals surface area (Å²) in [6, 6.07) is 12.6. The molecule has 0 spiro atoms. The Hall–Kier alpha value is -2.34. The van der Waals surface area contributed by atoms with Crippen LogP contribution in [-0.2, 0) is 10.0 Å². The molecule has 0 atom stereocenters. The van der Waals surface area contributed by atoms with E-state index in [9.17, 15) is 8.42 Å². The lowest BCUT2D eigenvalue weighted by Gasteiger charge is -2.11. The van der Waals surface area contributed by atoms with E-state index in [4.69, 9.17) is 0 Å². The van der Waals surface area contributed by atoms with Gasteiger partial charge in [0.25, 0.3) is 10.0 Å². The fourth-order valence-electron chi connectivity index (χ4n) is 1.96. The van der Waals surface area contributed by atoms with Crippen molar-refractivity contribution in [2.24, 2.45) is 5.10 Å². The van der Waals surface area contributed by atoms with Crippen LogP contribution in [0.15, 0.2) is 52.5 Å². The van der Waals surface area contributed by atoms with Crippen molar-refractivity contribution >= 4 is 21.9 Å². The highest BCUT2D eigenvalue weighted by atomic mass is 32.2. The van der Waals surface area contributed by atoms with Gasteiger partial charge in [-0.3, -0.25) is 0 Å². The molecule has 0 aliphatic carbocycles. The topological polar surface area (TPSA) is 61.8 Å². The summed E-state index contributed by atoms with van der Waals surface area (Å²) in [5.41, 5.74) is 3.86. The summed E-state index contributed by atoms with van der Waals surface area (Å²) < 4.78 is 24.4. The second kappa shape index (κ2) is 6.83. The molecule has 0 bridgehead atoms. The molecule has 5 nitrogen and oxygen atoms in total. The first-order valence-corrected chi connectivity index (χ1v) is 8.67. The first kappa shape index (κ1) is 17.0. The molecule has 0 fully saturated rings. The maximum Gasteiger partial charge on any atom is 0.276 e. The minimum absolute atomic E-state index is 0.209. The van der Waals surface area contributed by atoms with E-state index in [2.05, 4.69) is 9.93 Å². The lowest BCUT2D eigenvalue weighted by molar-refractivity contribution is 0.584. The number of hydrazone groups is 1. The molecule has 0 heterocycles. The zero-order chi connectivity index (χ0) is 17.0. The molecule has 0 saturated heterocycles. The number of rotatable bonds is 5. The van der Waals surface area contributed by atoms with Crippen LogP contribution in [0.2, 0.25) is 0 Å². The Morgan fingerprint density at radius 2 is 1.65 bits per heavy atom. The third kappa shape index (κ3) is 4.32. The van der Waals surface area contributed by atoms with Gasteiger partial charge in [-0.25, -0.2) is 4.83 Å². The highest BCUT2D eigenvalue weighted by Gasteiger charge is 2.13. The fourth-order valence-corrected chi connectivity index (χ4v) is 2.84. The number of anilines is 1. The van der Waals surface area contributed by atoms with E-state index in [1.54, 1.807) is 18.2 Å². The number of nitrogens with zero attached hydrogens (tertiary/aromatic N) is 2. The number of hydrogen-bond donors (Lipinski definition) is 1. The van der Waals surface area contributed by atoms with Crippen LogP contribution >= 0.6 is 0 Å². The van der Waals surface area contributed by atoms with E-state index in [0.29, 0.717) is 0 Å². The molecule has 122 valence electrons. The largest absolute Gasteiger partial charge is 0.378 e. The van der Waals surface area contributed by atoms with Crippen molar-refractivity contribution in [2.75, 3.05) is 19.0 Å². The van der Waals surface area contributed by atoms with Gasteiger partial charge in [0.15, 0.2) is 0 Å². The second-order valence-electron chi connectivity index (χ2n) is 5.58. The van der Waals surface area contributed by atoms with Gasteiger partial charge in [-0.05, 0) is 54.8 Å². The van der Waals surface area contributed by atoms with Crippen LogP contribution in [0.25, 0.3) is 0 Å². The monoisotopic (exact) mass is 331 g/mol. The predicted octanol–water partition coefficient (Wildman–Crippen LogP) is 2.68. The molecular weight excluding hydrogens is 310 g/mol. The van der Waals surface area contributed by atoms with Gasteiger partial charge in [0.2, 0.25) is 0 Å². The maximum atomic E-state index is 12.2. The number of nitrogens with one attached hydrogen (secondary N) is 1. The van der Waals surface area contributed by atoms with E-state index < -0.39 is 10.0 Å². The normalized spacial score (nSPS) is 11.7. The molecule has 0 amide bonds. The third-order valence-electron chi connectivity index (χ3n) is 3.58. The van der Waals surface area contributed by atoms with Gasteiger partial charge in [-0.2, -0.15) is 13.5 Å². The minimum Gasteiger partial charge on any atom is -0.378 e. The predicted molar refractivity (Wildman–Crippen MR) is 94.6 cm³/mol. The standard InChI is InChI=1S/C17H21N3O2S/c1-13-5-10-17(11-14(13)2)23(21,22)19-18-12-15-6-8-16(9-7-15)20(3)4/h5-12,19H,1-4H3/b18-12+. The fraction of sp³-hybridized carbons (Fsp3) is 0.235. The maximum absolute atomic E-state index is 12.2. The van der Waals surface area contributed by atoms with Crippen LogP contribution in [-0.4, -0.2) is 28.7 Å². The molecule has 0 unspecified atom stereocenters. The van der Waals surface area contributed by atoms with Crippen molar-refractivity contribution in [3.8, 4) is 0 Å². The van der Waals surface area contributed by atoms with Gasteiger partial charge in [-0.15, -0.1) is 0 Å². The van der Waals surface area contributed by atoms with E-state index in [1.807, 2.05) is 57.1 Å². The molecule has 0 saturated carbocycles. The average molecular weight is 331 g/mol.